The van der Waals surface area contributed by atoms with Gasteiger partial charge in [0.2, 0.25) is 0 Å². The summed E-state index contributed by atoms with van der Waals surface area (Å²) >= 11 is -0.256. The Morgan fingerprint density at radius 2 is 1.77 bits per heavy atom. The van der Waals surface area contributed by atoms with E-state index in [1.165, 1.54) is 20.4 Å². The first-order valence-electron chi connectivity index (χ1n) is 7.66. The molecule has 10 heteroatoms. The Kier molecular flexibility index (Phi) is 8.14. The molecular weight excluding hydrogens is 487 g/mol. The molecule has 0 aliphatic heterocycles. The number of rotatable bonds is 4. The van der Waals surface area contributed by atoms with Crippen LogP contribution < -0.4 is 4.57 Å². The van der Waals surface area contributed by atoms with Gasteiger partial charge in [-0.15, -0.1) is 0 Å². The van der Waals surface area contributed by atoms with Gasteiger partial charge in [0, 0.05) is 0 Å². The summed E-state index contributed by atoms with van der Waals surface area (Å²) in [6.07, 6.45) is 3.99. The number of hydrogen-bond donors (Lipinski definition) is 0. The van der Waals surface area contributed by atoms with Crippen LogP contribution in [0.4, 0.5) is 13.2 Å². The van der Waals surface area contributed by atoms with Crippen molar-refractivity contribution in [1.29, 1.82) is 0 Å². The van der Waals surface area contributed by atoms with Gasteiger partial charge in [-0.05, 0) is 0 Å². The van der Waals surface area contributed by atoms with Crippen molar-refractivity contribution in [3.05, 3.63) is 33.2 Å². The van der Waals surface area contributed by atoms with E-state index in [0.717, 1.165) is 13.2 Å². The fourth-order valence-corrected chi connectivity index (χ4v) is 5.42. The third-order valence-corrected chi connectivity index (χ3v) is 7.16. The molecule has 0 saturated carbocycles. The molecule has 1 heterocycles. The van der Waals surface area contributed by atoms with Gasteiger partial charge in [0.05, 0.1) is 0 Å². The van der Waals surface area contributed by atoms with Crippen LogP contribution in [-0.4, -0.2) is 45.5 Å². The maximum absolute atomic E-state index is 10.7. The molecule has 0 aliphatic carbocycles. The topological polar surface area (TPSA) is 70.3 Å². The molecule has 0 unspecified atom stereocenters. The van der Waals surface area contributed by atoms with Gasteiger partial charge in [-0.2, -0.15) is 13.2 Å². The van der Waals surface area contributed by atoms with E-state index in [1.807, 2.05) is 13.2 Å². The number of benzene rings is 1. The second-order valence-electron chi connectivity index (χ2n) is 5.25. The van der Waals surface area contributed by atoms with Crippen molar-refractivity contribution in [2.45, 2.75) is 39.7 Å². The molecule has 5 nitrogen and oxygen atoms in total. The number of nitrogens with zero attached hydrogens (tertiary/aromatic N) is 1. The average Bonchev–Trinajstić information content (AvgIpc) is 2.83. The molecule has 0 spiro atoms. The monoisotopic (exact) mass is 509 g/mol. The summed E-state index contributed by atoms with van der Waals surface area (Å²) < 4.78 is 69.7. The zero-order valence-electron chi connectivity index (χ0n) is 14.8. The molecule has 0 radical (unpaired) electrons. The summed E-state index contributed by atoms with van der Waals surface area (Å²) in [7, 11) is -6.09. The molecule has 0 atom stereocenters. The fraction of sp³-hybridized carbons (Fsp3) is 0.438. The number of ether oxygens (including phenoxy) is 1. The van der Waals surface area contributed by atoms with E-state index in [4.69, 9.17) is 17.7 Å². The van der Waals surface area contributed by atoms with Crippen LogP contribution in [0.25, 0.3) is 15.0 Å². The molecule has 2 rings (SSSR count). The zero-order valence-corrected chi connectivity index (χ0v) is 17.9. The van der Waals surface area contributed by atoms with Gasteiger partial charge in [0.1, 0.15) is 0 Å². The van der Waals surface area contributed by atoms with Gasteiger partial charge in [0.15, 0.2) is 10.1 Å². The minimum Gasteiger partial charge on any atom is -0.741 e. The largest absolute Gasteiger partial charge is 0.741 e. The van der Waals surface area contributed by atoms with Crippen LogP contribution in [0, 0.1) is 13.8 Å². The predicted molar refractivity (Wildman–Crippen MR) is 92.6 cm³/mol. The molecule has 1 aromatic heterocycles. The van der Waals surface area contributed by atoms with E-state index in [-0.39, 0.29) is 20.4 Å². The van der Waals surface area contributed by atoms with Crippen LogP contribution in [-0.2, 0) is 21.4 Å². The van der Waals surface area contributed by atoms with Gasteiger partial charge in [-0.3, -0.25) is 0 Å². The Bertz CT molecular complexity index is 889. The molecular formula is C16H20F3NO4STe. The Morgan fingerprint density at radius 1 is 1.23 bits per heavy atom. The first-order valence-corrected chi connectivity index (χ1v) is 11.4. The SMILES string of the molecule is CCOC=Cc1[te]c2cc(C)c(C)cc2[n+]1CC.O=S(=O)([O-])C(F)(F)F. The molecule has 0 fully saturated rings. The Balaban J connectivity index is 0.000000359. The Morgan fingerprint density at radius 3 is 2.23 bits per heavy atom. The van der Waals surface area contributed by atoms with E-state index in [9.17, 15) is 13.2 Å². The summed E-state index contributed by atoms with van der Waals surface area (Å²) in [6.45, 7) is 10.4. The third-order valence-electron chi connectivity index (χ3n) is 3.42. The van der Waals surface area contributed by atoms with Gasteiger partial charge in [-0.1, -0.05) is 0 Å². The normalized spacial score (nSPS) is 12.3. The van der Waals surface area contributed by atoms with Crippen LogP contribution in [0.5, 0.6) is 0 Å². The molecule has 26 heavy (non-hydrogen) atoms. The number of alkyl halides is 3. The first kappa shape index (κ1) is 23.0. The van der Waals surface area contributed by atoms with E-state index < -0.39 is 15.6 Å². The van der Waals surface area contributed by atoms with Crippen LogP contribution in [0.2, 0.25) is 0 Å². The quantitative estimate of drug-likeness (QED) is 0.210. The van der Waals surface area contributed by atoms with Gasteiger partial charge in [0.25, 0.3) is 0 Å². The number of aromatic nitrogens is 1. The van der Waals surface area contributed by atoms with E-state index >= 15 is 0 Å². The van der Waals surface area contributed by atoms with E-state index in [1.54, 1.807) is 3.40 Å². The molecule has 146 valence electrons. The predicted octanol–water partition coefficient (Wildman–Crippen LogP) is 2.88. The van der Waals surface area contributed by atoms with Gasteiger partial charge >= 0.3 is 124 Å². The van der Waals surface area contributed by atoms with E-state index in [0.29, 0.717) is 0 Å². The Hall–Kier alpha value is -1.08. The van der Waals surface area contributed by atoms with Crippen molar-refractivity contribution in [2.24, 2.45) is 0 Å². The maximum Gasteiger partial charge on any atom is 0.485 e. The minimum absolute atomic E-state index is 0.256. The van der Waals surface area contributed by atoms with Crippen LogP contribution >= 0.6 is 0 Å². The third kappa shape index (κ3) is 5.98. The maximum atomic E-state index is 10.7. The van der Waals surface area contributed by atoms with Gasteiger partial charge in [-0.25, -0.2) is 8.42 Å². The number of aryl methyl sites for hydroxylation is 3. The summed E-state index contributed by atoms with van der Waals surface area (Å²) in [4.78, 5) is 0. The minimum atomic E-state index is -6.09. The molecule has 0 aliphatic rings. The molecule has 0 bridgehead atoms. The van der Waals surface area contributed by atoms with Gasteiger partial charge < -0.3 is 4.55 Å². The number of hydrogen-bond acceptors (Lipinski definition) is 4. The second kappa shape index (κ2) is 9.22. The standard InChI is InChI=1S/C15H20NOTe.CHF3O3S/c1-5-16-13-9-11(3)12(4)10-14(13)18-15(16)7-8-17-6-2;2-1(3,4)8(5,6)7/h7-10H,5-6H2,1-4H3;(H,5,6,7)/q+1;/p-1. The Labute approximate surface area is 160 Å². The van der Waals surface area contributed by atoms with Crippen molar-refractivity contribution in [1.82, 2.24) is 0 Å². The molecule has 0 amide bonds. The first-order chi connectivity index (χ1) is 11.9. The summed E-state index contributed by atoms with van der Waals surface area (Å²) in [5.74, 6) is 0. The second-order valence-corrected chi connectivity index (χ2v) is 9.65. The van der Waals surface area contributed by atoms with Crippen molar-refractivity contribution >= 4 is 45.5 Å². The van der Waals surface area contributed by atoms with E-state index in [2.05, 4.69) is 43.5 Å². The molecule has 0 N–H and O–H groups in total. The summed E-state index contributed by atoms with van der Waals surface area (Å²) in [5, 5.41) is 0. The summed E-state index contributed by atoms with van der Waals surface area (Å²) in [5.41, 5.74) is -1.44. The average molecular weight is 507 g/mol. The van der Waals surface area contributed by atoms with Crippen LogP contribution in [0.15, 0.2) is 18.4 Å². The van der Waals surface area contributed by atoms with Crippen molar-refractivity contribution in [2.75, 3.05) is 6.61 Å². The van der Waals surface area contributed by atoms with Crippen LogP contribution in [0.3, 0.4) is 0 Å². The van der Waals surface area contributed by atoms with Crippen molar-refractivity contribution in [3.8, 4) is 0 Å². The molecule has 1 aromatic carbocycles. The molecule has 0 saturated heterocycles. The number of fused-ring (bicyclic) bond motifs is 1. The van der Waals surface area contributed by atoms with Crippen LogP contribution in [0.1, 0.15) is 28.7 Å². The summed E-state index contributed by atoms with van der Waals surface area (Å²) in [6, 6.07) is 4.71. The van der Waals surface area contributed by atoms with Crippen molar-refractivity contribution < 1.29 is 35.4 Å². The number of halogens is 3. The molecule has 2 aromatic rings. The zero-order chi connectivity index (χ0) is 20.1. The smallest absolute Gasteiger partial charge is 0.485 e. The fourth-order valence-electron chi connectivity index (χ4n) is 2.01. The van der Waals surface area contributed by atoms with Crippen molar-refractivity contribution in [3.63, 3.8) is 0 Å².